The summed E-state index contributed by atoms with van der Waals surface area (Å²) in [5, 5.41) is 29.2. The van der Waals surface area contributed by atoms with Gasteiger partial charge in [-0.2, -0.15) is 0 Å². The maximum absolute atomic E-state index is 11.8. The number of carbonyl (C=O) groups is 2. The van der Waals surface area contributed by atoms with Gasteiger partial charge < -0.3 is 20.6 Å². The molecular weight excluding hydrogens is 252 g/mol. The van der Waals surface area contributed by atoms with E-state index in [1.165, 1.54) is 24.1 Å². The Morgan fingerprint density at radius 1 is 1.42 bits per heavy atom. The number of aliphatic hydroxyl groups excluding tert-OH is 1. The normalized spacial score (nSPS) is 11.7. The molecule has 1 rings (SSSR count). The standard InChI is InChI=1S/C12H16N2O5/c1-14(8-3-2-4-9(16)7-8)12(19)13-10(5-6-15)11(17)18/h2-4,7,10,15-16H,5-6H2,1H3,(H,13,19)(H,17,18). The number of nitrogens with zero attached hydrogens (tertiary/aromatic N) is 1. The zero-order chi connectivity index (χ0) is 14.4. The number of aliphatic hydroxyl groups is 1. The van der Waals surface area contributed by atoms with Crippen molar-refractivity contribution < 1.29 is 24.9 Å². The first-order valence-corrected chi connectivity index (χ1v) is 5.62. The molecule has 2 amide bonds. The monoisotopic (exact) mass is 268 g/mol. The molecule has 0 fully saturated rings. The van der Waals surface area contributed by atoms with Crippen molar-refractivity contribution in [1.29, 1.82) is 0 Å². The number of nitrogens with one attached hydrogen (secondary N) is 1. The number of carboxylic acids is 1. The highest BCUT2D eigenvalue weighted by atomic mass is 16.4. The van der Waals surface area contributed by atoms with Crippen molar-refractivity contribution in [2.75, 3.05) is 18.6 Å². The number of carbonyl (C=O) groups excluding carboxylic acids is 1. The van der Waals surface area contributed by atoms with E-state index >= 15 is 0 Å². The molecule has 0 saturated carbocycles. The van der Waals surface area contributed by atoms with Crippen LogP contribution in [0.5, 0.6) is 5.75 Å². The fourth-order valence-electron chi connectivity index (χ4n) is 1.45. The summed E-state index contributed by atoms with van der Waals surface area (Å²) in [7, 11) is 1.45. The summed E-state index contributed by atoms with van der Waals surface area (Å²) in [6, 6.07) is 4.21. The summed E-state index contributed by atoms with van der Waals surface area (Å²) < 4.78 is 0. The number of hydrogen-bond donors (Lipinski definition) is 4. The second-order valence-corrected chi connectivity index (χ2v) is 3.93. The van der Waals surface area contributed by atoms with E-state index in [0.29, 0.717) is 5.69 Å². The van der Waals surface area contributed by atoms with Gasteiger partial charge in [0.05, 0.1) is 0 Å². The van der Waals surface area contributed by atoms with Crippen LogP contribution in [-0.4, -0.2) is 47.0 Å². The summed E-state index contributed by atoms with van der Waals surface area (Å²) in [6.07, 6.45) is -0.0745. The molecule has 0 aliphatic rings. The van der Waals surface area contributed by atoms with Gasteiger partial charge in [0.15, 0.2) is 0 Å². The largest absolute Gasteiger partial charge is 0.508 e. The van der Waals surface area contributed by atoms with Gasteiger partial charge in [-0.1, -0.05) is 6.07 Å². The first-order valence-electron chi connectivity index (χ1n) is 5.62. The Labute approximate surface area is 110 Å². The van der Waals surface area contributed by atoms with E-state index in [0.717, 1.165) is 0 Å². The minimum Gasteiger partial charge on any atom is -0.508 e. The predicted molar refractivity (Wildman–Crippen MR) is 68.2 cm³/mol. The smallest absolute Gasteiger partial charge is 0.326 e. The van der Waals surface area contributed by atoms with Gasteiger partial charge in [-0.3, -0.25) is 4.90 Å². The molecule has 0 aromatic heterocycles. The molecule has 0 aliphatic carbocycles. The summed E-state index contributed by atoms with van der Waals surface area (Å²) in [5.41, 5.74) is 0.422. The molecule has 0 aliphatic heterocycles. The topological polar surface area (TPSA) is 110 Å². The fourth-order valence-corrected chi connectivity index (χ4v) is 1.45. The van der Waals surface area contributed by atoms with Crippen molar-refractivity contribution in [2.24, 2.45) is 0 Å². The molecule has 0 radical (unpaired) electrons. The summed E-state index contributed by atoms with van der Waals surface area (Å²) in [5.74, 6) is -1.21. The number of benzene rings is 1. The molecule has 1 unspecified atom stereocenters. The number of amides is 2. The molecule has 19 heavy (non-hydrogen) atoms. The number of carboxylic acid groups (broad SMARTS) is 1. The highest BCUT2D eigenvalue weighted by molar-refractivity contribution is 5.94. The van der Waals surface area contributed by atoms with Crippen molar-refractivity contribution in [3.63, 3.8) is 0 Å². The average molecular weight is 268 g/mol. The number of phenolic OH excluding ortho intramolecular Hbond substituents is 1. The zero-order valence-corrected chi connectivity index (χ0v) is 10.4. The van der Waals surface area contributed by atoms with Crippen LogP contribution >= 0.6 is 0 Å². The van der Waals surface area contributed by atoms with E-state index in [1.54, 1.807) is 12.1 Å². The van der Waals surface area contributed by atoms with Crippen LogP contribution in [0, 0.1) is 0 Å². The number of aromatic hydroxyl groups is 1. The van der Waals surface area contributed by atoms with Crippen LogP contribution in [0.2, 0.25) is 0 Å². The minimum atomic E-state index is -1.22. The SMILES string of the molecule is CN(C(=O)NC(CCO)C(=O)O)c1cccc(O)c1. The van der Waals surface area contributed by atoms with E-state index in [9.17, 15) is 14.7 Å². The number of urea groups is 1. The van der Waals surface area contributed by atoms with Crippen LogP contribution in [0.3, 0.4) is 0 Å². The van der Waals surface area contributed by atoms with E-state index in [1.807, 2.05) is 0 Å². The lowest BCUT2D eigenvalue weighted by atomic mass is 10.2. The number of aliphatic carboxylic acids is 1. The number of phenols is 1. The van der Waals surface area contributed by atoms with E-state index in [4.69, 9.17) is 10.2 Å². The van der Waals surface area contributed by atoms with Crippen LogP contribution in [0.15, 0.2) is 24.3 Å². The second-order valence-electron chi connectivity index (χ2n) is 3.93. The maximum Gasteiger partial charge on any atom is 0.326 e. The third-order valence-corrected chi connectivity index (χ3v) is 2.54. The third-order valence-electron chi connectivity index (χ3n) is 2.54. The molecule has 7 nitrogen and oxygen atoms in total. The quantitative estimate of drug-likeness (QED) is 0.617. The number of rotatable bonds is 5. The van der Waals surface area contributed by atoms with Crippen molar-refractivity contribution in [3.05, 3.63) is 24.3 Å². The molecule has 4 N–H and O–H groups in total. The van der Waals surface area contributed by atoms with Crippen LogP contribution in [0.1, 0.15) is 6.42 Å². The summed E-state index contributed by atoms with van der Waals surface area (Å²) in [4.78, 5) is 23.9. The van der Waals surface area contributed by atoms with E-state index in [-0.39, 0.29) is 18.8 Å². The molecule has 0 heterocycles. The van der Waals surface area contributed by atoms with Crippen molar-refractivity contribution in [3.8, 4) is 5.75 Å². The Morgan fingerprint density at radius 3 is 2.63 bits per heavy atom. The lowest BCUT2D eigenvalue weighted by Gasteiger charge is -2.21. The van der Waals surface area contributed by atoms with Crippen LogP contribution in [0.25, 0.3) is 0 Å². The van der Waals surface area contributed by atoms with Gasteiger partial charge in [-0.15, -0.1) is 0 Å². The summed E-state index contributed by atoms with van der Waals surface area (Å²) in [6.45, 7) is -0.340. The van der Waals surface area contributed by atoms with Gasteiger partial charge in [0.2, 0.25) is 0 Å². The van der Waals surface area contributed by atoms with Crippen LogP contribution in [0.4, 0.5) is 10.5 Å². The highest BCUT2D eigenvalue weighted by Gasteiger charge is 2.21. The summed E-state index contributed by atoms with van der Waals surface area (Å²) >= 11 is 0. The maximum atomic E-state index is 11.8. The Bertz CT molecular complexity index is 463. The predicted octanol–water partition coefficient (Wildman–Crippen LogP) is 0.374. The number of hydrogen-bond acceptors (Lipinski definition) is 4. The van der Waals surface area contributed by atoms with Gasteiger partial charge in [-0.05, 0) is 12.1 Å². The molecule has 1 aromatic carbocycles. The first kappa shape index (κ1) is 14.8. The lowest BCUT2D eigenvalue weighted by molar-refractivity contribution is -0.139. The minimum absolute atomic E-state index is 0.00212. The van der Waals surface area contributed by atoms with Gasteiger partial charge in [0.25, 0.3) is 0 Å². The first-order chi connectivity index (χ1) is 8.95. The molecule has 1 atom stereocenters. The highest BCUT2D eigenvalue weighted by Crippen LogP contribution is 2.18. The molecule has 104 valence electrons. The van der Waals surface area contributed by atoms with Gasteiger partial charge in [0.1, 0.15) is 11.8 Å². The molecule has 1 aromatic rings. The Balaban J connectivity index is 2.74. The van der Waals surface area contributed by atoms with Crippen molar-refractivity contribution in [2.45, 2.75) is 12.5 Å². The second kappa shape index (κ2) is 6.60. The fraction of sp³-hybridized carbons (Fsp3) is 0.333. The van der Waals surface area contributed by atoms with E-state index < -0.39 is 18.0 Å². The van der Waals surface area contributed by atoms with Crippen molar-refractivity contribution in [1.82, 2.24) is 5.32 Å². The van der Waals surface area contributed by atoms with Crippen LogP contribution in [-0.2, 0) is 4.79 Å². The van der Waals surface area contributed by atoms with Gasteiger partial charge in [0, 0.05) is 31.8 Å². The Kier molecular flexibility index (Phi) is 5.13. The van der Waals surface area contributed by atoms with E-state index in [2.05, 4.69) is 5.32 Å². The van der Waals surface area contributed by atoms with Crippen molar-refractivity contribution >= 4 is 17.7 Å². The molecule has 0 bridgehead atoms. The third kappa shape index (κ3) is 4.14. The molecule has 0 spiro atoms. The zero-order valence-electron chi connectivity index (χ0n) is 10.4. The van der Waals surface area contributed by atoms with Crippen LogP contribution < -0.4 is 10.2 Å². The molecule has 0 saturated heterocycles. The Morgan fingerprint density at radius 2 is 2.11 bits per heavy atom. The van der Waals surface area contributed by atoms with Gasteiger partial charge in [-0.25, -0.2) is 9.59 Å². The van der Waals surface area contributed by atoms with Gasteiger partial charge >= 0.3 is 12.0 Å². The molecule has 7 heteroatoms. The lowest BCUT2D eigenvalue weighted by Crippen LogP contribution is -2.47. The Hall–Kier alpha value is -2.28. The number of anilines is 1. The average Bonchev–Trinajstić information content (AvgIpc) is 2.37. The molecular formula is C12H16N2O5.